The molecule has 4 nitrogen and oxygen atoms in total. The molecule has 2 N–H and O–H groups in total. The van der Waals surface area contributed by atoms with E-state index < -0.39 is 0 Å². The van der Waals surface area contributed by atoms with Gasteiger partial charge in [0, 0.05) is 24.5 Å². The van der Waals surface area contributed by atoms with Crippen LogP contribution in [0.5, 0.6) is 0 Å². The molecule has 1 atom stereocenters. The van der Waals surface area contributed by atoms with Gasteiger partial charge in [-0.15, -0.1) is 0 Å². The summed E-state index contributed by atoms with van der Waals surface area (Å²) in [7, 11) is 0. The van der Waals surface area contributed by atoms with Gasteiger partial charge in [0.2, 0.25) is 0 Å². The molecule has 0 aromatic carbocycles. The summed E-state index contributed by atoms with van der Waals surface area (Å²) in [5.74, 6) is 0. The van der Waals surface area contributed by atoms with E-state index in [2.05, 4.69) is 17.3 Å². The van der Waals surface area contributed by atoms with Crippen LogP contribution in [-0.2, 0) is 6.54 Å². The van der Waals surface area contributed by atoms with E-state index >= 15 is 0 Å². The highest BCUT2D eigenvalue weighted by Gasteiger charge is 2.20. The fourth-order valence-electron chi connectivity index (χ4n) is 2.39. The molecule has 0 bridgehead atoms. The standard InChI is InChI=1S/C12H21N3O/c1-10(9-15-8-2-7-13-15)14-11-3-5-12(16)6-4-11/h2,7-8,10-12,14,16H,3-6,9H2,1H3. The van der Waals surface area contributed by atoms with Gasteiger partial charge in [0.15, 0.2) is 0 Å². The highest BCUT2D eigenvalue weighted by molar-refractivity contribution is 4.81. The number of aliphatic hydroxyl groups is 1. The highest BCUT2D eigenvalue weighted by Crippen LogP contribution is 2.18. The van der Waals surface area contributed by atoms with Crippen molar-refractivity contribution >= 4 is 0 Å². The third-order valence-electron chi connectivity index (χ3n) is 3.24. The lowest BCUT2D eigenvalue weighted by Crippen LogP contribution is -2.41. The molecule has 16 heavy (non-hydrogen) atoms. The van der Waals surface area contributed by atoms with Gasteiger partial charge in [0.05, 0.1) is 12.6 Å². The van der Waals surface area contributed by atoms with Gasteiger partial charge >= 0.3 is 0 Å². The summed E-state index contributed by atoms with van der Waals surface area (Å²) in [5, 5.41) is 17.2. The molecular formula is C12H21N3O. The summed E-state index contributed by atoms with van der Waals surface area (Å²) < 4.78 is 1.95. The predicted octanol–water partition coefficient (Wildman–Crippen LogP) is 1.16. The average molecular weight is 223 g/mol. The van der Waals surface area contributed by atoms with Crippen molar-refractivity contribution in [3.8, 4) is 0 Å². The molecule has 0 radical (unpaired) electrons. The lowest BCUT2D eigenvalue weighted by atomic mass is 9.93. The average Bonchev–Trinajstić information content (AvgIpc) is 2.74. The van der Waals surface area contributed by atoms with Crippen molar-refractivity contribution in [3.05, 3.63) is 18.5 Å². The van der Waals surface area contributed by atoms with Crippen molar-refractivity contribution in [2.45, 2.75) is 57.3 Å². The molecule has 0 aliphatic heterocycles. The summed E-state index contributed by atoms with van der Waals surface area (Å²) in [6.45, 7) is 3.10. The van der Waals surface area contributed by atoms with Crippen LogP contribution in [0.4, 0.5) is 0 Å². The van der Waals surface area contributed by atoms with Crippen LogP contribution >= 0.6 is 0 Å². The zero-order valence-corrected chi connectivity index (χ0v) is 9.84. The predicted molar refractivity (Wildman–Crippen MR) is 63.1 cm³/mol. The Hall–Kier alpha value is -0.870. The van der Waals surface area contributed by atoms with Crippen molar-refractivity contribution in [3.63, 3.8) is 0 Å². The van der Waals surface area contributed by atoms with E-state index in [4.69, 9.17) is 0 Å². The minimum atomic E-state index is -0.0699. The smallest absolute Gasteiger partial charge is 0.0560 e. The Balaban J connectivity index is 1.72. The first-order valence-corrected chi connectivity index (χ1v) is 6.15. The second-order valence-electron chi connectivity index (χ2n) is 4.80. The number of nitrogens with zero attached hydrogens (tertiary/aromatic N) is 2. The Labute approximate surface area is 96.7 Å². The van der Waals surface area contributed by atoms with Gasteiger partial charge in [-0.3, -0.25) is 4.68 Å². The van der Waals surface area contributed by atoms with E-state index in [1.807, 2.05) is 23.1 Å². The topological polar surface area (TPSA) is 50.1 Å². The third kappa shape index (κ3) is 3.32. The van der Waals surface area contributed by atoms with Gasteiger partial charge in [0.25, 0.3) is 0 Å². The van der Waals surface area contributed by atoms with Crippen molar-refractivity contribution in [2.24, 2.45) is 0 Å². The second-order valence-corrected chi connectivity index (χ2v) is 4.80. The van der Waals surface area contributed by atoms with Crippen molar-refractivity contribution in [1.82, 2.24) is 15.1 Å². The fraction of sp³-hybridized carbons (Fsp3) is 0.750. The molecule has 1 aliphatic carbocycles. The van der Waals surface area contributed by atoms with Gasteiger partial charge in [-0.25, -0.2) is 0 Å². The van der Waals surface area contributed by atoms with Crippen LogP contribution in [0.2, 0.25) is 0 Å². The Kier molecular flexibility index (Phi) is 3.96. The van der Waals surface area contributed by atoms with Gasteiger partial charge < -0.3 is 10.4 Å². The maximum Gasteiger partial charge on any atom is 0.0560 e. The van der Waals surface area contributed by atoms with Crippen LogP contribution in [0.3, 0.4) is 0 Å². The first-order valence-electron chi connectivity index (χ1n) is 6.15. The molecule has 1 fully saturated rings. The molecular weight excluding hydrogens is 202 g/mol. The molecule has 0 saturated heterocycles. The van der Waals surface area contributed by atoms with Gasteiger partial charge in [-0.2, -0.15) is 5.10 Å². The zero-order chi connectivity index (χ0) is 11.4. The second kappa shape index (κ2) is 5.46. The fourth-order valence-corrected chi connectivity index (χ4v) is 2.39. The lowest BCUT2D eigenvalue weighted by molar-refractivity contribution is 0.114. The van der Waals surface area contributed by atoms with Crippen LogP contribution in [-0.4, -0.2) is 33.1 Å². The SMILES string of the molecule is CC(Cn1cccn1)NC1CCC(O)CC1. The molecule has 1 heterocycles. The Morgan fingerprint density at radius 2 is 2.19 bits per heavy atom. The number of rotatable bonds is 4. The number of hydrogen-bond acceptors (Lipinski definition) is 3. The molecule has 1 saturated carbocycles. The lowest BCUT2D eigenvalue weighted by Gasteiger charge is -2.29. The normalized spacial score (nSPS) is 27.9. The molecule has 1 aromatic heterocycles. The number of nitrogens with one attached hydrogen (secondary N) is 1. The van der Waals surface area contributed by atoms with E-state index in [1.54, 1.807) is 0 Å². The molecule has 0 spiro atoms. The Bertz CT molecular complexity index is 291. The number of aliphatic hydroxyl groups excluding tert-OH is 1. The summed E-state index contributed by atoms with van der Waals surface area (Å²) >= 11 is 0. The van der Waals surface area contributed by atoms with E-state index in [0.29, 0.717) is 12.1 Å². The molecule has 1 aromatic rings. The van der Waals surface area contributed by atoms with E-state index in [1.165, 1.54) is 0 Å². The van der Waals surface area contributed by atoms with Crippen molar-refractivity contribution in [2.75, 3.05) is 0 Å². The first-order chi connectivity index (χ1) is 7.74. The summed E-state index contributed by atoms with van der Waals surface area (Å²) in [6.07, 6.45) is 7.78. The van der Waals surface area contributed by atoms with E-state index in [9.17, 15) is 5.11 Å². The van der Waals surface area contributed by atoms with Crippen molar-refractivity contribution in [1.29, 1.82) is 0 Å². The van der Waals surface area contributed by atoms with Crippen LogP contribution in [0.15, 0.2) is 18.5 Å². The molecule has 4 heteroatoms. The molecule has 0 amide bonds. The molecule has 1 aliphatic rings. The monoisotopic (exact) mass is 223 g/mol. The first kappa shape index (κ1) is 11.6. The highest BCUT2D eigenvalue weighted by atomic mass is 16.3. The van der Waals surface area contributed by atoms with Crippen molar-refractivity contribution < 1.29 is 5.11 Å². The largest absolute Gasteiger partial charge is 0.393 e. The molecule has 1 unspecified atom stereocenters. The maximum atomic E-state index is 9.43. The Morgan fingerprint density at radius 3 is 2.81 bits per heavy atom. The van der Waals surface area contributed by atoms with Gasteiger partial charge in [-0.05, 0) is 38.7 Å². The quantitative estimate of drug-likeness (QED) is 0.805. The van der Waals surface area contributed by atoms with Crippen LogP contribution in [0, 0.1) is 0 Å². The summed E-state index contributed by atoms with van der Waals surface area (Å²) in [6, 6.07) is 2.94. The minimum absolute atomic E-state index is 0.0699. The third-order valence-corrected chi connectivity index (χ3v) is 3.24. The summed E-state index contributed by atoms with van der Waals surface area (Å²) in [4.78, 5) is 0. The Morgan fingerprint density at radius 1 is 1.44 bits per heavy atom. The van der Waals surface area contributed by atoms with Gasteiger partial charge in [-0.1, -0.05) is 0 Å². The maximum absolute atomic E-state index is 9.43. The summed E-state index contributed by atoms with van der Waals surface area (Å²) in [5.41, 5.74) is 0. The molecule has 90 valence electrons. The zero-order valence-electron chi connectivity index (χ0n) is 9.84. The number of hydrogen-bond donors (Lipinski definition) is 2. The van der Waals surface area contributed by atoms with E-state index in [0.717, 1.165) is 32.2 Å². The van der Waals surface area contributed by atoms with Crippen LogP contribution in [0.1, 0.15) is 32.6 Å². The van der Waals surface area contributed by atoms with E-state index in [-0.39, 0.29) is 6.10 Å². The van der Waals surface area contributed by atoms with Crippen LogP contribution in [0.25, 0.3) is 0 Å². The minimum Gasteiger partial charge on any atom is -0.393 e. The van der Waals surface area contributed by atoms with Gasteiger partial charge in [0.1, 0.15) is 0 Å². The number of aromatic nitrogens is 2. The molecule has 2 rings (SSSR count). The van der Waals surface area contributed by atoms with Crippen LogP contribution < -0.4 is 5.32 Å².